The zero-order valence-electron chi connectivity index (χ0n) is 55.1. The van der Waals surface area contributed by atoms with Crippen LogP contribution >= 0.6 is 0 Å². The minimum absolute atomic E-state index is 0.0784. The minimum atomic E-state index is -1.64. The lowest BCUT2D eigenvalue weighted by atomic mass is 9.99. The second-order valence-corrected chi connectivity index (χ2v) is 23.5. The summed E-state index contributed by atoms with van der Waals surface area (Å²) in [4.78, 5) is 26.7. The van der Waals surface area contributed by atoms with Gasteiger partial charge in [0, 0.05) is 6.42 Å². The van der Waals surface area contributed by atoms with E-state index in [-0.39, 0.29) is 19.4 Å². The quantitative estimate of drug-likeness (QED) is 0.0195. The third-order valence-electron chi connectivity index (χ3n) is 15.5. The summed E-state index contributed by atoms with van der Waals surface area (Å²) in [5.41, 5.74) is 0. The van der Waals surface area contributed by atoms with Crippen LogP contribution in [0.25, 0.3) is 0 Å². The van der Waals surface area contributed by atoms with Crippen molar-refractivity contribution in [1.29, 1.82) is 0 Å². The molecule has 8 unspecified atom stereocenters. The third-order valence-corrected chi connectivity index (χ3v) is 15.5. The number of allylic oxidation sites excluding steroid dienone is 21. The largest absolute Gasteiger partial charge is 0.454 e. The molecule has 1 fully saturated rings. The maximum Gasteiger partial charge on any atom is 0.306 e. The van der Waals surface area contributed by atoms with Gasteiger partial charge >= 0.3 is 5.97 Å². The Bertz CT molecular complexity index is 1930. The van der Waals surface area contributed by atoms with Crippen LogP contribution in [0.2, 0.25) is 0 Å². The summed E-state index contributed by atoms with van der Waals surface area (Å²) in [5, 5.41) is 57.2. The van der Waals surface area contributed by atoms with E-state index in [4.69, 9.17) is 14.2 Å². The normalized spacial score (nSPS) is 19.1. The van der Waals surface area contributed by atoms with Crippen molar-refractivity contribution >= 4 is 11.9 Å². The average molecular weight is 1210 g/mol. The fourth-order valence-corrected chi connectivity index (χ4v) is 10.0. The van der Waals surface area contributed by atoms with E-state index in [9.17, 15) is 35.1 Å². The van der Waals surface area contributed by atoms with E-state index in [1.165, 1.54) is 83.5 Å². The van der Waals surface area contributed by atoms with Gasteiger partial charge in [0.15, 0.2) is 12.4 Å². The van der Waals surface area contributed by atoms with Gasteiger partial charge in [-0.3, -0.25) is 9.59 Å². The van der Waals surface area contributed by atoms with Gasteiger partial charge in [-0.05, 0) is 122 Å². The highest BCUT2D eigenvalue weighted by Crippen LogP contribution is 2.26. The molecule has 0 aromatic heterocycles. The Morgan fingerprint density at radius 1 is 0.460 bits per heavy atom. The highest BCUT2D eigenvalue weighted by Gasteiger charge is 2.47. The minimum Gasteiger partial charge on any atom is -0.454 e. The smallest absolute Gasteiger partial charge is 0.306 e. The molecule has 1 rings (SSSR count). The molecule has 0 radical (unpaired) electrons. The van der Waals surface area contributed by atoms with Gasteiger partial charge in [0.05, 0.1) is 25.4 Å². The molecular formula is C76H127NO10. The number of rotatable bonds is 58. The van der Waals surface area contributed by atoms with Gasteiger partial charge in [0.1, 0.15) is 24.4 Å². The molecule has 6 N–H and O–H groups in total. The summed E-state index contributed by atoms with van der Waals surface area (Å²) in [6.07, 6.45) is 77.6. The standard InChI is InChI=1S/C76H127NO10/c1-4-7-10-13-16-19-22-25-27-29-31-32-33-34-35-36-37-39-40-42-45-48-51-54-57-60-63-69(80)75(84)77-67(68(79)62-59-56-53-50-47-44-24-21-18-15-12-9-6-3)66-85-76-74(73(83)72(82)70(65-78)86-76)87-71(81)64-61-58-55-52-49-46-43-41-38-30-28-26-23-20-17-14-11-8-5-2/h7,10,16-17,19-20,25-28,31-32,34-35,37-39,41,46,49,59,62,67-70,72-74,76,78-80,82-83H,4-6,8-9,11-15,18,21-24,29-30,33,36,40,42-45,47-48,50-58,60-61,63-66H2,1-3H3,(H,77,84)/b10-7-,19-16-,20-17-,27-25-,28-26-,32-31-,35-34-,39-37-,41-38-,49-46-,62-59+. The van der Waals surface area contributed by atoms with E-state index in [0.29, 0.717) is 12.8 Å². The number of esters is 1. The summed E-state index contributed by atoms with van der Waals surface area (Å²) in [6, 6.07) is -1.05. The summed E-state index contributed by atoms with van der Waals surface area (Å²) < 4.78 is 17.6. The van der Waals surface area contributed by atoms with E-state index in [2.05, 4.69) is 148 Å². The van der Waals surface area contributed by atoms with Crippen molar-refractivity contribution in [3.63, 3.8) is 0 Å². The fourth-order valence-electron chi connectivity index (χ4n) is 10.0. The molecule has 1 aliphatic rings. The molecule has 496 valence electrons. The molecule has 0 aliphatic carbocycles. The summed E-state index contributed by atoms with van der Waals surface area (Å²) in [7, 11) is 0. The van der Waals surface area contributed by atoms with Gasteiger partial charge in [-0.1, -0.05) is 276 Å². The molecule has 8 atom stereocenters. The van der Waals surface area contributed by atoms with Gasteiger partial charge in [-0.15, -0.1) is 0 Å². The number of amides is 1. The van der Waals surface area contributed by atoms with Crippen LogP contribution in [0.4, 0.5) is 0 Å². The topological polar surface area (TPSA) is 175 Å². The Kier molecular flexibility index (Phi) is 57.6. The van der Waals surface area contributed by atoms with Gasteiger partial charge in [0.2, 0.25) is 5.91 Å². The fraction of sp³-hybridized carbons (Fsp3) is 0.684. The highest BCUT2D eigenvalue weighted by atomic mass is 16.7. The molecular weight excluding hydrogens is 1090 g/mol. The van der Waals surface area contributed by atoms with Gasteiger partial charge in [0.25, 0.3) is 0 Å². The molecule has 0 bridgehead atoms. The Hall–Kier alpha value is -4.20. The molecule has 0 aromatic carbocycles. The number of aliphatic hydroxyl groups excluding tert-OH is 5. The van der Waals surface area contributed by atoms with Gasteiger partial charge in [-0.2, -0.15) is 0 Å². The average Bonchev–Trinajstić information content (AvgIpc) is 1.52. The van der Waals surface area contributed by atoms with E-state index in [1.54, 1.807) is 6.08 Å². The van der Waals surface area contributed by atoms with Crippen LogP contribution in [-0.4, -0.2) is 99.6 Å². The van der Waals surface area contributed by atoms with Crippen LogP contribution in [0.5, 0.6) is 0 Å². The lowest BCUT2D eigenvalue weighted by Crippen LogP contribution is -2.61. The van der Waals surface area contributed by atoms with Crippen LogP contribution in [0.3, 0.4) is 0 Å². The zero-order valence-corrected chi connectivity index (χ0v) is 55.1. The number of hydrogen-bond acceptors (Lipinski definition) is 10. The van der Waals surface area contributed by atoms with E-state index < -0.39 is 67.4 Å². The summed E-state index contributed by atoms with van der Waals surface area (Å²) >= 11 is 0. The van der Waals surface area contributed by atoms with Crippen molar-refractivity contribution in [2.24, 2.45) is 0 Å². The number of hydrogen-bond donors (Lipinski definition) is 6. The van der Waals surface area contributed by atoms with Crippen molar-refractivity contribution in [3.05, 3.63) is 134 Å². The Labute approximate surface area is 531 Å². The molecule has 87 heavy (non-hydrogen) atoms. The monoisotopic (exact) mass is 1210 g/mol. The number of ether oxygens (including phenoxy) is 3. The number of carbonyl (C=O) groups excluding carboxylic acids is 2. The van der Waals surface area contributed by atoms with Gasteiger partial charge in [-0.25, -0.2) is 0 Å². The van der Waals surface area contributed by atoms with Crippen molar-refractivity contribution in [3.8, 4) is 0 Å². The Morgan fingerprint density at radius 2 is 0.828 bits per heavy atom. The maximum absolute atomic E-state index is 13.5. The summed E-state index contributed by atoms with van der Waals surface area (Å²) in [6.45, 7) is 5.63. The second-order valence-electron chi connectivity index (χ2n) is 23.5. The van der Waals surface area contributed by atoms with Crippen molar-refractivity contribution in [2.45, 2.75) is 320 Å². The van der Waals surface area contributed by atoms with Crippen LogP contribution in [0.15, 0.2) is 134 Å². The lowest BCUT2D eigenvalue weighted by molar-refractivity contribution is -0.305. The van der Waals surface area contributed by atoms with Crippen LogP contribution in [-0.2, 0) is 23.8 Å². The van der Waals surface area contributed by atoms with E-state index in [1.807, 2.05) is 6.08 Å². The van der Waals surface area contributed by atoms with Crippen LogP contribution in [0, 0.1) is 0 Å². The molecule has 1 heterocycles. The number of carbonyl (C=O) groups is 2. The van der Waals surface area contributed by atoms with E-state index in [0.717, 1.165) is 141 Å². The maximum atomic E-state index is 13.5. The predicted molar refractivity (Wildman–Crippen MR) is 365 cm³/mol. The predicted octanol–water partition coefficient (Wildman–Crippen LogP) is 18.0. The number of unbranched alkanes of at least 4 members (excludes halogenated alkanes) is 24. The van der Waals surface area contributed by atoms with E-state index >= 15 is 0 Å². The molecule has 0 spiro atoms. The molecule has 1 saturated heterocycles. The molecule has 1 amide bonds. The van der Waals surface area contributed by atoms with Crippen molar-refractivity contribution in [1.82, 2.24) is 5.32 Å². The summed E-state index contributed by atoms with van der Waals surface area (Å²) in [5.74, 6) is -1.24. The highest BCUT2D eigenvalue weighted by molar-refractivity contribution is 5.80. The molecule has 11 heteroatoms. The molecule has 0 aromatic rings. The lowest BCUT2D eigenvalue weighted by Gasteiger charge is -2.41. The Morgan fingerprint density at radius 3 is 1.26 bits per heavy atom. The zero-order chi connectivity index (χ0) is 63.1. The first-order valence-electron chi connectivity index (χ1n) is 35.0. The second kappa shape index (κ2) is 62.0. The number of aliphatic hydroxyl groups is 5. The van der Waals surface area contributed by atoms with Gasteiger partial charge < -0.3 is 45.1 Å². The van der Waals surface area contributed by atoms with Crippen LogP contribution in [0.1, 0.15) is 271 Å². The Balaban J connectivity index is 2.65. The third kappa shape index (κ3) is 49.3. The van der Waals surface area contributed by atoms with Crippen molar-refractivity contribution < 1.29 is 49.3 Å². The first-order valence-corrected chi connectivity index (χ1v) is 35.0. The molecule has 11 nitrogen and oxygen atoms in total. The van der Waals surface area contributed by atoms with Crippen LogP contribution < -0.4 is 5.32 Å². The number of nitrogens with one attached hydrogen (secondary N) is 1. The molecule has 0 saturated carbocycles. The first-order chi connectivity index (χ1) is 42.7. The first kappa shape index (κ1) is 80.8. The molecule has 1 aliphatic heterocycles. The SMILES string of the molecule is CC/C=C\C/C=C\C/C=C\C/C=C\C/C=C\C/C=C\CCCCCCCCCC(O)C(=O)NC(COC1OC(CO)C(O)C(O)C1OC(=O)CCCCC/C=C\C/C=C\C/C=C\C/C=C\CCCCC)C(O)/C=C/CCCCCCCCCCCCC. The van der Waals surface area contributed by atoms with Crippen molar-refractivity contribution in [2.75, 3.05) is 13.2 Å².